The summed E-state index contributed by atoms with van der Waals surface area (Å²) in [7, 11) is -3.78. The summed E-state index contributed by atoms with van der Waals surface area (Å²) in [5.74, 6) is 0. The number of hydrogen-bond acceptors (Lipinski definition) is 6. The first-order chi connectivity index (χ1) is 11.0. The molecule has 0 N–H and O–H groups in total. The van der Waals surface area contributed by atoms with Gasteiger partial charge in [-0.3, -0.25) is 10.1 Å². The second-order valence-electron chi connectivity index (χ2n) is 4.89. The molecule has 10 heteroatoms. The molecule has 2 heterocycles. The van der Waals surface area contributed by atoms with Gasteiger partial charge in [0.05, 0.1) is 29.4 Å². The van der Waals surface area contributed by atoms with Crippen molar-refractivity contribution in [3.8, 4) is 5.69 Å². The van der Waals surface area contributed by atoms with E-state index in [0.717, 1.165) is 6.07 Å². The van der Waals surface area contributed by atoms with Gasteiger partial charge in [-0.2, -0.15) is 4.31 Å². The lowest BCUT2D eigenvalue weighted by Gasteiger charge is -2.26. The third kappa shape index (κ3) is 2.96. The molecule has 1 aromatic carbocycles. The van der Waals surface area contributed by atoms with Crippen LogP contribution in [0.4, 0.5) is 5.69 Å². The van der Waals surface area contributed by atoms with Crippen molar-refractivity contribution in [1.29, 1.82) is 0 Å². The lowest BCUT2D eigenvalue weighted by atomic mass is 10.2. The smallest absolute Gasteiger partial charge is 0.294 e. The van der Waals surface area contributed by atoms with Crippen molar-refractivity contribution < 1.29 is 18.1 Å². The van der Waals surface area contributed by atoms with Gasteiger partial charge < -0.3 is 9.30 Å². The van der Waals surface area contributed by atoms with Gasteiger partial charge in [-0.1, -0.05) is 0 Å². The summed E-state index contributed by atoms with van der Waals surface area (Å²) >= 11 is 0. The Morgan fingerprint density at radius 3 is 2.61 bits per heavy atom. The lowest BCUT2D eigenvalue weighted by molar-refractivity contribution is -0.384. The van der Waals surface area contributed by atoms with Gasteiger partial charge in [-0.25, -0.2) is 13.4 Å². The largest absolute Gasteiger partial charge is 0.379 e. The van der Waals surface area contributed by atoms with Crippen molar-refractivity contribution in [3.05, 3.63) is 47.0 Å². The average molecular weight is 338 g/mol. The molecule has 23 heavy (non-hydrogen) atoms. The highest BCUT2D eigenvalue weighted by Crippen LogP contribution is 2.28. The number of rotatable bonds is 4. The first kappa shape index (κ1) is 15.6. The predicted octanol–water partition coefficient (Wildman–Crippen LogP) is 0.801. The third-order valence-corrected chi connectivity index (χ3v) is 5.43. The van der Waals surface area contributed by atoms with Crippen LogP contribution >= 0.6 is 0 Å². The number of sulfonamides is 1. The molecule has 0 unspecified atom stereocenters. The topological polar surface area (TPSA) is 108 Å². The van der Waals surface area contributed by atoms with Crippen LogP contribution < -0.4 is 0 Å². The van der Waals surface area contributed by atoms with Gasteiger partial charge in [0.2, 0.25) is 10.0 Å². The molecule has 1 fully saturated rings. The summed E-state index contributed by atoms with van der Waals surface area (Å²) in [6.07, 6.45) is 4.46. The first-order valence-corrected chi connectivity index (χ1v) is 8.29. The highest BCUT2D eigenvalue weighted by atomic mass is 32.2. The standard InChI is InChI=1S/C13H14N4O5S/c18-17(19)13-9-11(1-2-12(13)15-4-3-14-10-15)23(20,21)16-5-7-22-8-6-16/h1-4,9-10H,5-8H2. The molecule has 1 aromatic heterocycles. The number of nitrogens with zero attached hydrogens (tertiary/aromatic N) is 4. The van der Waals surface area contributed by atoms with E-state index in [0.29, 0.717) is 13.2 Å². The van der Waals surface area contributed by atoms with Gasteiger partial charge in [-0.05, 0) is 12.1 Å². The van der Waals surface area contributed by atoms with E-state index in [4.69, 9.17) is 4.74 Å². The summed E-state index contributed by atoms with van der Waals surface area (Å²) in [5, 5.41) is 11.3. The molecule has 3 rings (SSSR count). The quantitative estimate of drug-likeness (QED) is 0.603. The molecule has 0 bridgehead atoms. The summed E-state index contributed by atoms with van der Waals surface area (Å²) in [6, 6.07) is 3.86. The van der Waals surface area contributed by atoms with E-state index in [1.54, 1.807) is 6.20 Å². The van der Waals surface area contributed by atoms with E-state index in [2.05, 4.69) is 4.98 Å². The normalized spacial score (nSPS) is 16.3. The molecule has 9 nitrogen and oxygen atoms in total. The van der Waals surface area contributed by atoms with E-state index in [-0.39, 0.29) is 29.4 Å². The zero-order valence-corrected chi connectivity index (χ0v) is 12.8. The van der Waals surface area contributed by atoms with Crippen LogP contribution in [0.25, 0.3) is 5.69 Å². The minimum absolute atomic E-state index is 0.102. The van der Waals surface area contributed by atoms with Crippen LogP contribution in [0.3, 0.4) is 0 Å². The molecule has 0 saturated carbocycles. The lowest BCUT2D eigenvalue weighted by Crippen LogP contribution is -2.40. The van der Waals surface area contributed by atoms with E-state index in [1.807, 2.05) is 0 Å². The second-order valence-corrected chi connectivity index (χ2v) is 6.83. The summed E-state index contributed by atoms with van der Waals surface area (Å²) in [4.78, 5) is 14.5. The van der Waals surface area contributed by atoms with E-state index in [9.17, 15) is 18.5 Å². The molecule has 0 amide bonds. The average Bonchev–Trinajstić information content (AvgIpc) is 3.09. The van der Waals surface area contributed by atoms with Crippen LogP contribution in [0.15, 0.2) is 41.8 Å². The fraction of sp³-hybridized carbons (Fsp3) is 0.308. The fourth-order valence-electron chi connectivity index (χ4n) is 2.37. The van der Waals surface area contributed by atoms with Crippen LogP contribution in [0.5, 0.6) is 0 Å². The molecule has 1 aliphatic rings. The number of morpholine rings is 1. The molecule has 122 valence electrons. The van der Waals surface area contributed by atoms with Gasteiger partial charge in [0.1, 0.15) is 5.69 Å². The van der Waals surface area contributed by atoms with Crippen molar-refractivity contribution in [1.82, 2.24) is 13.9 Å². The minimum atomic E-state index is -3.78. The molecular formula is C13H14N4O5S. The van der Waals surface area contributed by atoms with Crippen molar-refractivity contribution in [2.24, 2.45) is 0 Å². The Morgan fingerprint density at radius 2 is 2.00 bits per heavy atom. The maximum absolute atomic E-state index is 12.6. The maximum Gasteiger partial charge on any atom is 0.294 e. The van der Waals surface area contributed by atoms with E-state index >= 15 is 0 Å². The van der Waals surface area contributed by atoms with Crippen LogP contribution in [0, 0.1) is 10.1 Å². The Morgan fingerprint density at radius 1 is 1.26 bits per heavy atom. The van der Waals surface area contributed by atoms with Crippen molar-refractivity contribution >= 4 is 15.7 Å². The zero-order valence-electron chi connectivity index (χ0n) is 12.0. The predicted molar refractivity (Wildman–Crippen MR) is 79.8 cm³/mol. The number of imidazole rings is 1. The van der Waals surface area contributed by atoms with Gasteiger partial charge in [0, 0.05) is 31.5 Å². The monoisotopic (exact) mass is 338 g/mol. The van der Waals surface area contributed by atoms with E-state index < -0.39 is 14.9 Å². The number of ether oxygens (including phenoxy) is 1. The Kier molecular flexibility index (Phi) is 4.11. The minimum Gasteiger partial charge on any atom is -0.379 e. The molecule has 0 atom stereocenters. The van der Waals surface area contributed by atoms with Crippen molar-refractivity contribution in [2.75, 3.05) is 26.3 Å². The first-order valence-electron chi connectivity index (χ1n) is 6.85. The van der Waals surface area contributed by atoms with Gasteiger partial charge in [0.25, 0.3) is 5.69 Å². The number of nitro groups is 1. The van der Waals surface area contributed by atoms with Gasteiger partial charge in [-0.15, -0.1) is 0 Å². The van der Waals surface area contributed by atoms with Crippen molar-refractivity contribution in [3.63, 3.8) is 0 Å². The Bertz CT molecular complexity index is 813. The summed E-state index contributed by atoms with van der Waals surface area (Å²) < 4.78 is 33.0. The van der Waals surface area contributed by atoms with Crippen LogP contribution in [-0.2, 0) is 14.8 Å². The summed E-state index contributed by atoms with van der Waals surface area (Å²) in [6.45, 7) is 1.10. The Balaban J connectivity index is 2.04. The van der Waals surface area contributed by atoms with E-state index in [1.165, 1.54) is 33.5 Å². The van der Waals surface area contributed by atoms with Gasteiger partial charge >= 0.3 is 0 Å². The molecule has 0 radical (unpaired) electrons. The second kappa shape index (κ2) is 6.07. The number of hydrogen-bond donors (Lipinski definition) is 0. The zero-order chi connectivity index (χ0) is 16.4. The highest BCUT2D eigenvalue weighted by molar-refractivity contribution is 7.89. The maximum atomic E-state index is 12.6. The molecule has 1 saturated heterocycles. The van der Waals surface area contributed by atoms with Crippen LogP contribution in [-0.4, -0.2) is 53.5 Å². The molecule has 0 spiro atoms. The Hall–Kier alpha value is -2.30. The number of aromatic nitrogens is 2. The SMILES string of the molecule is O=[N+]([O-])c1cc(S(=O)(=O)N2CCOCC2)ccc1-n1ccnc1. The highest BCUT2D eigenvalue weighted by Gasteiger charge is 2.29. The van der Waals surface area contributed by atoms with Crippen LogP contribution in [0.2, 0.25) is 0 Å². The van der Waals surface area contributed by atoms with Crippen LogP contribution in [0.1, 0.15) is 0 Å². The third-order valence-electron chi connectivity index (χ3n) is 3.53. The number of nitro benzene ring substituents is 1. The molecule has 0 aliphatic carbocycles. The number of benzene rings is 1. The van der Waals surface area contributed by atoms with Crippen molar-refractivity contribution in [2.45, 2.75) is 4.90 Å². The molecular weight excluding hydrogens is 324 g/mol. The fourth-order valence-corrected chi connectivity index (χ4v) is 3.79. The Labute approximate surface area is 132 Å². The molecule has 2 aromatic rings. The summed E-state index contributed by atoms with van der Waals surface area (Å²) in [5.41, 5.74) is -0.0363. The van der Waals surface area contributed by atoms with Gasteiger partial charge in [0.15, 0.2) is 0 Å². The molecule has 1 aliphatic heterocycles.